The molecule has 0 bridgehead atoms. The van der Waals surface area contributed by atoms with Gasteiger partial charge >= 0.3 is 17.9 Å². The molecule has 75 heavy (non-hydrogen) atoms. The third-order valence-corrected chi connectivity index (χ3v) is 14.2. The first kappa shape index (κ1) is 71.8. The van der Waals surface area contributed by atoms with Gasteiger partial charge in [0, 0.05) is 19.3 Å². The van der Waals surface area contributed by atoms with Crippen molar-refractivity contribution in [2.24, 2.45) is 0 Å². The summed E-state index contributed by atoms with van der Waals surface area (Å²) in [5.41, 5.74) is 0. The Kier molecular flexibility index (Phi) is 60.7. The lowest BCUT2D eigenvalue weighted by Gasteiger charge is -2.18. The fourth-order valence-electron chi connectivity index (χ4n) is 9.39. The number of hydrogen-bond donors (Lipinski definition) is 0. The molecule has 0 rings (SSSR count). The Bertz CT molecular complexity index is 1390. The monoisotopic (exact) mass is 1050 g/mol. The SMILES string of the molecule is CC/C=C\C/C=C\C/C=C\C/C=C\C/C=C\C/C=C\CCCCCCCCC(=O)OCC(COC(=O)CCCCCCCCCCCCCCCC)OC(=O)CCCCCCCCCCCCCCCCCCCC. The average Bonchev–Trinajstić information content (AvgIpc) is 3.41. The van der Waals surface area contributed by atoms with Gasteiger partial charge in [0.1, 0.15) is 13.2 Å². The molecular weight excluding hydrogens is 925 g/mol. The topological polar surface area (TPSA) is 78.9 Å². The number of rotatable bonds is 59. The highest BCUT2D eigenvalue weighted by Crippen LogP contribution is 2.17. The number of unbranched alkanes of at least 4 members (excludes halogenated alkanes) is 36. The van der Waals surface area contributed by atoms with Gasteiger partial charge < -0.3 is 14.2 Å². The summed E-state index contributed by atoms with van der Waals surface area (Å²) in [4.78, 5) is 38.3. The lowest BCUT2D eigenvalue weighted by molar-refractivity contribution is -0.167. The van der Waals surface area contributed by atoms with Crippen molar-refractivity contribution in [3.8, 4) is 0 Å². The molecule has 0 aliphatic rings. The zero-order valence-corrected chi connectivity index (χ0v) is 49.8. The van der Waals surface area contributed by atoms with E-state index in [1.165, 1.54) is 186 Å². The van der Waals surface area contributed by atoms with E-state index in [1.54, 1.807) is 0 Å². The second kappa shape index (κ2) is 63.4. The minimum Gasteiger partial charge on any atom is -0.462 e. The lowest BCUT2D eigenvalue weighted by atomic mass is 10.0. The molecule has 0 heterocycles. The van der Waals surface area contributed by atoms with Crippen LogP contribution in [0.4, 0.5) is 0 Å². The number of ether oxygens (including phenoxy) is 3. The third kappa shape index (κ3) is 61.6. The Balaban J connectivity index is 4.34. The predicted molar refractivity (Wildman–Crippen MR) is 325 cm³/mol. The average molecular weight is 1050 g/mol. The van der Waals surface area contributed by atoms with Gasteiger partial charge in [0.25, 0.3) is 0 Å². The van der Waals surface area contributed by atoms with Crippen LogP contribution >= 0.6 is 0 Å². The molecule has 0 fully saturated rings. The van der Waals surface area contributed by atoms with Crippen molar-refractivity contribution in [1.82, 2.24) is 0 Å². The number of hydrogen-bond acceptors (Lipinski definition) is 6. The van der Waals surface area contributed by atoms with Gasteiger partial charge in [-0.25, -0.2) is 0 Å². The first-order valence-electron chi connectivity index (χ1n) is 32.4. The molecule has 434 valence electrons. The highest BCUT2D eigenvalue weighted by molar-refractivity contribution is 5.71. The van der Waals surface area contributed by atoms with Crippen LogP contribution in [0.2, 0.25) is 0 Å². The highest BCUT2D eigenvalue weighted by Gasteiger charge is 2.19. The molecular formula is C69H122O6. The Labute approximate surface area is 465 Å². The number of carbonyl (C=O) groups is 3. The molecule has 0 saturated heterocycles. The molecule has 0 aliphatic heterocycles. The number of esters is 3. The summed E-state index contributed by atoms with van der Waals surface area (Å²) in [7, 11) is 0. The quantitative estimate of drug-likeness (QED) is 0.0261. The van der Waals surface area contributed by atoms with E-state index in [1.807, 2.05) is 0 Å². The summed E-state index contributed by atoms with van der Waals surface area (Å²) < 4.78 is 16.9. The normalized spacial score (nSPS) is 12.5. The van der Waals surface area contributed by atoms with Crippen molar-refractivity contribution < 1.29 is 28.6 Å². The molecule has 1 unspecified atom stereocenters. The van der Waals surface area contributed by atoms with Crippen LogP contribution in [0, 0.1) is 0 Å². The Morgan fingerprint density at radius 1 is 0.280 bits per heavy atom. The zero-order valence-electron chi connectivity index (χ0n) is 49.8. The first-order chi connectivity index (χ1) is 37.0. The molecule has 0 spiro atoms. The van der Waals surface area contributed by atoms with Gasteiger partial charge in [0.2, 0.25) is 0 Å². The van der Waals surface area contributed by atoms with Crippen LogP contribution in [0.1, 0.15) is 329 Å². The molecule has 0 aromatic rings. The van der Waals surface area contributed by atoms with Gasteiger partial charge in [-0.15, -0.1) is 0 Å². The summed E-state index contributed by atoms with van der Waals surface area (Å²) in [6.45, 7) is 6.56. The second-order valence-corrected chi connectivity index (χ2v) is 21.7. The third-order valence-electron chi connectivity index (χ3n) is 14.2. The lowest BCUT2D eigenvalue weighted by Crippen LogP contribution is -2.30. The fraction of sp³-hybridized carbons (Fsp3) is 0.783. The van der Waals surface area contributed by atoms with E-state index in [-0.39, 0.29) is 31.1 Å². The van der Waals surface area contributed by atoms with Crippen molar-refractivity contribution in [2.45, 2.75) is 335 Å². The van der Waals surface area contributed by atoms with Gasteiger partial charge in [-0.3, -0.25) is 14.4 Å². The Hall–Kier alpha value is -3.15. The predicted octanol–water partition coefficient (Wildman–Crippen LogP) is 22.1. The van der Waals surface area contributed by atoms with Crippen LogP contribution in [0.25, 0.3) is 0 Å². The standard InChI is InChI=1S/C69H122O6/c1-4-7-10-13-16-19-22-25-28-30-32-33-34-35-36-37-38-40-41-44-47-50-53-56-59-62-68(71)74-65-66(64-73-67(70)61-58-55-52-49-46-43-27-24-21-18-15-12-9-6-3)75-69(72)63-60-57-54-51-48-45-42-39-31-29-26-23-20-17-14-11-8-5-2/h7,10,16,19,25,28,32-33,35-36,38,40,66H,4-6,8-9,11-15,17-18,20-24,26-27,29-31,34,37,39,41-65H2,1-3H3/b10-7-,19-16-,28-25-,33-32-,36-35-,40-38-. The van der Waals surface area contributed by atoms with Gasteiger partial charge in [-0.05, 0) is 70.6 Å². The largest absolute Gasteiger partial charge is 0.462 e. The van der Waals surface area contributed by atoms with Crippen molar-refractivity contribution in [1.29, 1.82) is 0 Å². The van der Waals surface area contributed by atoms with Crippen molar-refractivity contribution in [2.75, 3.05) is 13.2 Å². The van der Waals surface area contributed by atoms with Crippen LogP contribution in [-0.2, 0) is 28.6 Å². The zero-order chi connectivity index (χ0) is 54.3. The summed E-state index contributed by atoms with van der Waals surface area (Å²) in [6.07, 6.45) is 81.9. The molecule has 0 aliphatic carbocycles. The van der Waals surface area contributed by atoms with E-state index in [2.05, 4.69) is 93.7 Å². The summed E-state index contributed by atoms with van der Waals surface area (Å²) in [6, 6.07) is 0. The molecule has 0 saturated carbocycles. The minimum absolute atomic E-state index is 0.0752. The Morgan fingerprint density at radius 2 is 0.520 bits per heavy atom. The molecule has 1 atom stereocenters. The van der Waals surface area contributed by atoms with Gasteiger partial charge in [0.15, 0.2) is 6.10 Å². The van der Waals surface area contributed by atoms with Crippen molar-refractivity contribution in [3.63, 3.8) is 0 Å². The molecule has 0 radical (unpaired) electrons. The number of allylic oxidation sites excluding steroid dienone is 12. The van der Waals surface area contributed by atoms with Gasteiger partial charge in [-0.1, -0.05) is 312 Å². The van der Waals surface area contributed by atoms with E-state index < -0.39 is 6.10 Å². The van der Waals surface area contributed by atoms with Crippen molar-refractivity contribution >= 4 is 17.9 Å². The molecule has 0 N–H and O–H groups in total. The van der Waals surface area contributed by atoms with E-state index in [9.17, 15) is 14.4 Å². The highest BCUT2D eigenvalue weighted by atomic mass is 16.6. The van der Waals surface area contributed by atoms with Crippen LogP contribution < -0.4 is 0 Å². The van der Waals surface area contributed by atoms with Gasteiger partial charge in [-0.2, -0.15) is 0 Å². The molecule has 0 aromatic heterocycles. The van der Waals surface area contributed by atoms with Crippen LogP contribution in [0.15, 0.2) is 72.9 Å². The fourth-order valence-corrected chi connectivity index (χ4v) is 9.39. The van der Waals surface area contributed by atoms with Gasteiger partial charge in [0.05, 0.1) is 0 Å². The van der Waals surface area contributed by atoms with E-state index in [0.29, 0.717) is 19.3 Å². The summed E-state index contributed by atoms with van der Waals surface area (Å²) in [5, 5.41) is 0. The maximum absolute atomic E-state index is 12.9. The van der Waals surface area contributed by atoms with E-state index in [4.69, 9.17) is 14.2 Å². The first-order valence-corrected chi connectivity index (χ1v) is 32.4. The second-order valence-electron chi connectivity index (χ2n) is 21.7. The minimum atomic E-state index is -0.779. The van der Waals surface area contributed by atoms with E-state index >= 15 is 0 Å². The van der Waals surface area contributed by atoms with Crippen molar-refractivity contribution in [3.05, 3.63) is 72.9 Å². The molecule has 0 amide bonds. The summed E-state index contributed by atoms with van der Waals surface area (Å²) in [5.74, 6) is -0.871. The van der Waals surface area contributed by atoms with E-state index in [0.717, 1.165) is 103 Å². The molecule has 0 aromatic carbocycles. The maximum atomic E-state index is 12.9. The smallest absolute Gasteiger partial charge is 0.306 e. The van der Waals surface area contributed by atoms with Crippen LogP contribution in [0.5, 0.6) is 0 Å². The maximum Gasteiger partial charge on any atom is 0.306 e. The van der Waals surface area contributed by atoms with Crippen LogP contribution in [0.3, 0.4) is 0 Å². The Morgan fingerprint density at radius 3 is 0.813 bits per heavy atom. The molecule has 6 nitrogen and oxygen atoms in total. The number of carbonyl (C=O) groups excluding carboxylic acids is 3. The molecule has 6 heteroatoms. The summed E-state index contributed by atoms with van der Waals surface area (Å²) >= 11 is 0. The van der Waals surface area contributed by atoms with Crippen LogP contribution in [-0.4, -0.2) is 37.2 Å².